The molecule has 19 heavy (non-hydrogen) atoms. The van der Waals surface area contributed by atoms with Crippen molar-refractivity contribution < 1.29 is 9.53 Å². The maximum absolute atomic E-state index is 11.7. The summed E-state index contributed by atoms with van der Waals surface area (Å²) in [4.78, 5) is 11.7. The predicted octanol–water partition coefficient (Wildman–Crippen LogP) is -1.20. The second-order valence-corrected chi connectivity index (χ2v) is 5.28. The normalized spacial score (nSPS) is 19.3. The SMILES string of the molecule is Cn1nnnc1SCCNC(=O)C[C@@H]1COCCN1. The molecule has 0 aliphatic carbocycles. The molecular weight excluding hydrogens is 268 g/mol. The van der Waals surface area contributed by atoms with Crippen molar-refractivity contribution >= 4 is 17.7 Å². The van der Waals surface area contributed by atoms with Crippen LogP contribution in [0.25, 0.3) is 0 Å². The fraction of sp³-hybridized carbons (Fsp3) is 0.800. The number of aromatic nitrogens is 4. The first-order valence-electron chi connectivity index (χ1n) is 6.18. The van der Waals surface area contributed by atoms with Crippen LogP contribution in [-0.2, 0) is 16.6 Å². The molecule has 0 aromatic carbocycles. The molecule has 0 radical (unpaired) electrons. The Morgan fingerprint density at radius 3 is 3.26 bits per heavy atom. The van der Waals surface area contributed by atoms with Crippen LogP contribution in [0.5, 0.6) is 0 Å². The van der Waals surface area contributed by atoms with E-state index in [1.807, 2.05) is 0 Å². The maximum Gasteiger partial charge on any atom is 0.221 e. The second kappa shape index (κ2) is 7.41. The zero-order valence-corrected chi connectivity index (χ0v) is 11.7. The summed E-state index contributed by atoms with van der Waals surface area (Å²) in [6, 6.07) is 0.129. The fourth-order valence-electron chi connectivity index (χ4n) is 1.72. The van der Waals surface area contributed by atoms with E-state index in [0.717, 1.165) is 24.1 Å². The molecule has 1 amide bonds. The molecule has 9 heteroatoms. The van der Waals surface area contributed by atoms with Gasteiger partial charge in [0.1, 0.15) is 0 Å². The van der Waals surface area contributed by atoms with E-state index in [9.17, 15) is 4.79 Å². The highest BCUT2D eigenvalue weighted by molar-refractivity contribution is 7.99. The van der Waals surface area contributed by atoms with Crippen LogP contribution < -0.4 is 10.6 Å². The molecule has 8 nitrogen and oxygen atoms in total. The Bertz CT molecular complexity index is 406. The van der Waals surface area contributed by atoms with Gasteiger partial charge in [0, 0.05) is 38.4 Å². The number of carbonyl (C=O) groups is 1. The van der Waals surface area contributed by atoms with Gasteiger partial charge in [-0.1, -0.05) is 11.8 Å². The lowest BCUT2D eigenvalue weighted by Gasteiger charge is -2.23. The van der Waals surface area contributed by atoms with Crippen molar-refractivity contribution in [2.24, 2.45) is 7.05 Å². The van der Waals surface area contributed by atoms with E-state index in [4.69, 9.17) is 4.74 Å². The molecule has 0 unspecified atom stereocenters. The predicted molar refractivity (Wildman–Crippen MR) is 69.8 cm³/mol. The summed E-state index contributed by atoms with van der Waals surface area (Å²) < 4.78 is 6.91. The molecule has 1 fully saturated rings. The number of hydrogen-bond donors (Lipinski definition) is 2. The number of morpholine rings is 1. The molecule has 1 aromatic heterocycles. The molecule has 2 heterocycles. The third-order valence-electron chi connectivity index (χ3n) is 2.67. The van der Waals surface area contributed by atoms with Gasteiger partial charge < -0.3 is 15.4 Å². The van der Waals surface area contributed by atoms with Crippen LogP contribution in [-0.4, -0.2) is 64.2 Å². The molecule has 2 rings (SSSR count). The van der Waals surface area contributed by atoms with Crippen LogP contribution >= 0.6 is 11.8 Å². The lowest BCUT2D eigenvalue weighted by Crippen LogP contribution is -2.44. The Morgan fingerprint density at radius 1 is 1.68 bits per heavy atom. The van der Waals surface area contributed by atoms with E-state index < -0.39 is 0 Å². The van der Waals surface area contributed by atoms with Crippen LogP contribution in [0.15, 0.2) is 5.16 Å². The van der Waals surface area contributed by atoms with Crippen molar-refractivity contribution in [2.75, 3.05) is 32.1 Å². The summed E-state index contributed by atoms with van der Waals surface area (Å²) in [7, 11) is 1.79. The summed E-state index contributed by atoms with van der Waals surface area (Å²) in [5.41, 5.74) is 0. The largest absolute Gasteiger partial charge is 0.378 e. The third kappa shape index (κ3) is 4.77. The van der Waals surface area contributed by atoms with Crippen molar-refractivity contribution in [3.05, 3.63) is 0 Å². The van der Waals surface area contributed by atoms with E-state index in [-0.39, 0.29) is 11.9 Å². The van der Waals surface area contributed by atoms with Gasteiger partial charge in [0.05, 0.1) is 13.2 Å². The highest BCUT2D eigenvalue weighted by atomic mass is 32.2. The smallest absolute Gasteiger partial charge is 0.221 e. The van der Waals surface area contributed by atoms with Crippen molar-refractivity contribution in [1.82, 2.24) is 30.8 Å². The van der Waals surface area contributed by atoms with Gasteiger partial charge in [0.2, 0.25) is 11.1 Å². The van der Waals surface area contributed by atoms with Gasteiger partial charge in [0.25, 0.3) is 0 Å². The summed E-state index contributed by atoms with van der Waals surface area (Å²) in [6.45, 7) is 2.74. The lowest BCUT2D eigenvalue weighted by atomic mass is 10.2. The van der Waals surface area contributed by atoms with Crippen LogP contribution in [0.3, 0.4) is 0 Å². The maximum atomic E-state index is 11.7. The molecule has 2 N–H and O–H groups in total. The van der Waals surface area contributed by atoms with Gasteiger partial charge in [-0.3, -0.25) is 4.79 Å². The number of aryl methyl sites for hydroxylation is 1. The molecule has 0 bridgehead atoms. The molecule has 1 aliphatic rings. The first-order valence-corrected chi connectivity index (χ1v) is 7.17. The summed E-state index contributed by atoms with van der Waals surface area (Å²) in [5.74, 6) is 0.786. The van der Waals surface area contributed by atoms with Crippen LogP contribution in [0.1, 0.15) is 6.42 Å². The van der Waals surface area contributed by atoms with Gasteiger partial charge in [-0.25, -0.2) is 4.68 Å². The zero-order valence-electron chi connectivity index (χ0n) is 10.8. The summed E-state index contributed by atoms with van der Waals surface area (Å²) in [5, 5.41) is 18.0. The molecule has 0 saturated carbocycles. The Morgan fingerprint density at radius 2 is 2.58 bits per heavy atom. The van der Waals surface area contributed by atoms with Crippen molar-refractivity contribution in [1.29, 1.82) is 0 Å². The molecule has 1 aliphatic heterocycles. The van der Waals surface area contributed by atoms with E-state index in [2.05, 4.69) is 26.2 Å². The molecule has 106 valence electrons. The topological polar surface area (TPSA) is 94.0 Å². The first kappa shape index (κ1) is 14.2. The quantitative estimate of drug-likeness (QED) is 0.501. The summed E-state index contributed by atoms with van der Waals surface area (Å²) >= 11 is 1.51. The number of tetrazole rings is 1. The minimum atomic E-state index is 0.0414. The Labute approximate surface area is 115 Å². The van der Waals surface area contributed by atoms with Crippen molar-refractivity contribution in [2.45, 2.75) is 17.6 Å². The molecule has 0 spiro atoms. The number of nitrogens with one attached hydrogen (secondary N) is 2. The van der Waals surface area contributed by atoms with E-state index in [1.54, 1.807) is 11.7 Å². The fourth-order valence-corrected chi connectivity index (χ4v) is 2.43. The van der Waals surface area contributed by atoms with Gasteiger partial charge in [-0.2, -0.15) is 0 Å². The molecule has 1 atom stereocenters. The average Bonchev–Trinajstić information content (AvgIpc) is 2.81. The standard InChI is InChI=1S/C10H18N6O2S/c1-16-10(13-14-15-16)19-5-3-12-9(17)6-8-7-18-4-2-11-8/h8,11H,2-7H2,1H3,(H,12,17)/t8-/m1/s1. The zero-order chi connectivity index (χ0) is 13.5. The number of amides is 1. The number of carbonyl (C=O) groups excluding carboxylic acids is 1. The Kier molecular flexibility index (Phi) is 5.55. The highest BCUT2D eigenvalue weighted by Gasteiger charge is 2.16. The van der Waals surface area contributed by atoms with E-state index >= 15 is 0 Å². The van der Waals surface area contributed by atoms with Crippen LogP contribution in [0, 0.1) is 0 Å². The first-order chi connectivity index (χ1) is 9.25. The second-order valence-electron chi connectivity index (χ2n) is 4.21. The Balaban J connectivity index is 1.57. The van der Waals surface area contributed by atoms with Crippen LogP contribution in [0.2, 0.25) is 0 Å². The van der Waals surface area contributed by atoms with Crippen molar-refractivity contribution in [3.8, 4) is 0 Å². The molecular formula is C10H18N6O2S. The van der Waals surface area contributed by atoms with Crippen molar-refractivity contribution in [3.63, 3.8) is 0 Å². The Hall–Kier alpha value is -1.19. The van der Waals surface area contributed by atoms with E-state index in [0.29, 0.717) is 19.6 Å². The van der Waals surface area contributed by atoms with Gasteiger partial charge >= 0.3 is 0 Å². The number of ether oxygens (including phenoxy) is 1. The minimum Gasteiger partial charge on any atom is -0.378 e. The van der Waals surface area contributed by atoms with Crippen LogP contribution in [0.4, 0.5) is 0 Å². The molecule has 1 saturated heterocycles. The number of thioether (sulfide) groups is 1. The van der Waals surface area contributed by atoms with Gasteiger partial charge in [-0.15, -0.1) is 5.10 Å². The third-order valence-corrected chi connectivity index (χ3v) is 3.68. The average molecular weight is 286 g/mol. The van der Waals surface area contributed by atoms with E-state index in [1.165, 1.54) is 11.8 Å². The monoisotopic (exact) mass is 286 g/mol. The minimum absolute atomic E-state index is 0.0414. The summed E-state index contributed by atoms with van der Waals surface area (Å²) in [6.07, 6.45) is 0.455. The molecule has 1 aromatic rings. The number of hydrogen-bond acceptors (Lipinski definition) is 7. The highest BCUT2D eigenvalue weighted by Crippen LogP contribution is 2.10. The number of nitrogens with zero attached hydrogens (tertiary/aromatic N) is 4. The number of rotatable bonds is 6. The lowest BCUT2D eigenvalue weighted by molar-refractivity contribution is -0.122. The van der Waals surface area contributed by atoms with Gasteiger partial charge in [-0.05, 0) is 10.4 Å². The van der Waals surface area contributed by atoms with Gasteiger partial charge in [0.15, 0.2) is 0 Å².